The summed E-state index contributed by atoms with van der Waals surface area (Å²) in [5.74, 6) is -1.13. The molecule has 222 valence electrons. The Hall–Kier alpha value is -4.95. The number of carbonyl (C=O) groups is 3. The Balaban J connectivity index is 1.15. The van der Waals surface area contributed by atoms with Crippen LogP contribution in [0.15, 0.2) is 114 Å². The number of anilines is 1. The molecule has 0 saturated carbocycles. The average Bonchev–Trinajstić information content (AvgIpc) is 3.64. The van der Waals surface area contributed by atoms with Crippen LogP contribution in [0.5, 0.6) is 0 Å². The zero-order valence-corrected chi connectivity index (χ0v) is 24.6. The first-order valence-corrected chi connectivity index (χ1v) is 14.8. The van der Waals surface area contributed by atoms with Gasteiger partial charge in [0.2, 0.25) is 11.8 Å². The van der Waals surface area contributed by atoms with E-state index in [9.17, 15) is 14.4 Å². The summed E-state index contributed by atoms with van der Waals surface area (Å²) in [6.07, 6.45) is 0.880. The molecule has 4 aromatic rings. The third kappa shape index (κ3) is 6.21. The van der Waals surface area contributed by atoms with Gasteiger partial charge in [-0.25, -0.2) is 0 Å². The lowest BCUT2D eigenvalue weighted by molar-refractivity contribution is -0.122. The van der Waals surface area contributed by atoms with Crippen molar-refractivity contribution in [1.82, 2.24) is 4.90 Å². The highest BCUT2D eigenvalue weighted by Gasteiger charge is 2.53. The van der Waals surface area contributed by atoms with Gasteiger partial charge in [0.15, 0.2) is 5.60 Å². The second kappa shape index (κ2) is 12.3. The van der Waals surface area contributed by atoms with Crippen molar-refractivity contribution in [3.05, 3.63) is 136 Å². The minimum Gasteiger partial charge on any atom is -0.387 e. The SMILES string of the molecule is NC(=O)[C@@H]1CC2(CC(c3cccc(NC(=O)CC(c4ccccc4)c4ccccc4)c3)=NO2)CN1C(=O)c1ccc(Cl)cc1. The van der Waals surface area contributed by atoms with Crippen LogP contribution in [0.2, 0.25) is 5.02 Å². The topological polar surface area (TPSA) is 114 Å². The zero-order valence-electron chi connectivity index (χ0n) is 23.9. The van der Waals surface area contributed by atoms with Crippen molar-refractivity contribution in [1.29, 1.82) is 0 Å². The maximum atomic E-state index is 13.3. The molecule has 0 aromatic heterocycles. The summed E-state index contributed by atoms with van der Waals surface area (Å²) in [6, 6.07) is 33.1. The molecule has 2 aliphatic heterocycles. The van der Waals surface area contributed by atoms with Gasteiger partial charge in [0.05, 0.1) is 12.3 Å². The van der Waals surface area contributed by atoms with Crippen molar-refractivity contribution in [2.75, 3.05) is 11.9 Å². The van der Waals surface area contributed by atoms with E-state index in [-0.39, 0.29) is 37.1 Å². The molecule has 3 amide bonds. The molecule has 44 heavy (non-hydrogen) atoms. The Morgan fingerprint density at radius 3 is 2.23 bits per heavy atom. The fourth-order valence-electron chi connectivity index (χ4n) is 6.02. The lowest BCUT2D eigenvalue weighted by Crippen LogP contribution is -2.44. The molecular weight excluding hydrogens is 576 g/mol. The van der Waals surface area contributed by atoms with E-state index in [4.69, 9.17) is 22.2 Å². The first-order valence-electron chi connectivity index (χ1n) is 14.4. The molecule has 1 spiro atoms. The van der Waals surface area contributed by atoms with Gasteiger partial charge in [0.1, 0.15) is 6.04 Å². The Labute approximate surface area is 260 Å². The summed E-state index contributed by atoms with van der Waals surface area (Å²) in [4.78, 5) is 46.4. The maximum Gasteiger partial charge on any atom is 0.254 e. The van der Waals surface area contributed by atoms with Gasteiger partial charge < -0.3 is 20.8 Å². The molecule has 2 heterocycles. The summed E-state index contributed by atoms with van der Waals surface area (Å²) in [5.41, 5.74) is 9.45. The predicted octanol–water partition coefficient (Wildman–Crippen LogP) is 5.76. The van der Waals surface area contributed by atoms with Crippen molar-refractivity contribution >= 4 is 40.7 Å². The molecule has 2 atom stereocenters. The number of nitrogens with zero attached hydrogens (tertiary/aromatic N) is 2. The number of amides is 3. The van der Waals surface area contributed by atoms with Gasteiger partial charge in [-0.05, 0) is 47.5 Å². The highest BCUT2D eigenvalue weighted by atomic mass is 35.5. The quantitative estimate of drug-likeness (QED) is 0.265. The third-order valence-corrected chi connectivity index (χ3v) is 8.44. The maximum absolute atomic E-state index is 13.3. The number of halogens is 1. The normalized spacial score (nSPS) is 19.1. The fraction of sp³-hybridized carbons (Fsp3) is 0.200. The third-order valence-electron chi connectivity index (χ3n) is 8.19. The summed E-state index contributed by atoms with van der Waals surface area (Å²) in [5, 5.41) is 7.91. The summed E-state index contributed by atoms with van der Waals surface area (Å²) < 4.78 is 0. The zero-order chi connectivity index (χ0) is 30.7. The van der Waals surface area contributed by atoms with Gasteiger partial charge in [-0.1, -0.05) is 89.6 Å². The smallest absolute Gasteiger partial charge is 0.254 e. The minimum atomic E-state index is -0.880. The van der Waals surface area contributed by atoms with E-state index in [1.807, 2.05) is 84.9 Å². The molecule has 3 N–H and O–H groups in total. The van der Waals surface area contributed by atoms with Gasteiger partial charge in [-0.15, -0.1) is 0 Å². The van der Waals surface area contributed by atoms with Crippen LogP contribution in [0.4, 0.5) is 5.69 Å². The Morgan fingerprint density at radius 1 is 0.932 bits per heavy atom. The molecule has 0 aliphatic carbocycles. The lowest BCUT2D eigenvalue weighted by Gasteiger charge is -2.23. The number of nitrogens with two attached hydrogens (primary N) is 1. The monoisotopic (exact) mass is 606 g/mol. The van der Waals surface area contributed by atoms with Crippen molar-refractivity contribution in [3.8, 4) is 0 Å². The molecule has 4 aromatic carbocycles. The van der Waals surface area contributed by atoms with E-state index in [1.165, 1.54) is 4.90 Å². The second-order valence-electron chi connectivity index (χ2n) is 11.3. The number of hydrogen-bond donors (Lipinski definition) is 2. The molecule has 6 rings (SSSR count). The average molecular weight is 607 g/mol. The molecule has 8 nitrogen and oxygen atoms in total. The van der Waals surface area contributed by atoms with E-state index >= 15 is 0 Å². The highest BCUT2D eigenvalue weighted by molar-refractivity contribution is 6.30. The summed E-state index contributed by atoms with van der Waals surface area (Å²) in [6.45, 7) is 0.159. The van der Waals surface area contributed by atoms with Crippen molar-refractivity contribution in [2.45, 2.75) is 36.8 Å². The molecular formula is C35H31ClN4O4. The molecule has 0 bridgehead atoms. The van der Waals surface area contributed by atoms with Gasteiger partial charge >= 0.3 is 0 Å². The van der Waals surface area contributed by atoms with E-state index in [2.05, 4.69) is 10.5 Å². The molecule has 1 fully saturated rings. The summed E-state index contributed by atoms with van der Waals surface area (Å²) in [7, 11) is 0. The molecule has 9 heteroatoms. The Bertz CT molecular complexity index is 1670. The standard InChI is InChI=1S/C35H31ClN4O4/c36-27-16-14-25(15-17-27)34(43)40-22-35(21-31(40)33(37)42)20-30(39-44-35)26-12-7-13-28(18-26)38-32(41)19-29(23-8-3-1-4-9-23)24-10-5-2-6-11-24/h1-18,29,31H,19-22H2,(H2,37,42)(H,38,41)/t31-,35?/m0/s1. The molecule has 1 unspecified atom stereocenters. The van der Waals surface area contributed by atoms with Crippen LogP contribution in [0, 0.1) is 0 Å². The number of benzene rings is 4. The largest absolute Gasteiger partial charge is 0.387 e. The highest BCUT2D eigenvalue weighted by Crippen LogP contribution is 2.39. The number of primary amides is 1. The number of hydrogen-bond acceptors (Lipinski definition) is 5. The second-order valence-corrected chi connectivity index (χ2v) is 11.7. The van der Waals surface area contributed by atoms with Crippen LogP contribution >= 0.6 is 11.6 Å². The van der Waals surface area contributed by atoms with Gasteiger partial charge in [-0.2, -0.15) is 0 Å². The fourth-order valence-corrected chi connectivity index (χ4v) is 6.14. The van der Waals surface area contributed by atoms with E-state index < -0.39 is 17.6 Å². The summed E-state index contributed by atoms with van der Waals surface area (Å²) >= 11 is 5.98. The van der Waals surface area contributed by atoms with Crippen LogP contribution in [0.3, 0.4) is 0 Å². The van der Waals surface area contributed by atoms with Crippen LogP contribution < -0.4 is 11.1 Å². The van der Waals surface area contributed by atoms with E-state index in [1.54, 1.807) is 24.3 Å². The number of oxime groups is 1. The van der Waals surface area contributed by atoms with Crippen LogP contribution in [-0.2, 0) is 14.4 Å². The number of carbonyl (C=O) groups excluding carboxylic acids is 3. The Morgan fingerprint density at radius 2 is 1.59 bits per heavy atom. The number of nitrogens with one attached hydrogen (secondary N) is 1. The lowest BCUT2D eigenvalue weighted by atomic mass is 9.88. The van der Waals surface area contributed by atoms with Crippen LogP contribution in [-0.4, -0.2) is 46.5 Å². The minimum absolute atomic E-state index is 0.0906. The molecule has 0 radical (unpaired) electrons. The first-order chi connectivity index (χ1) is 21.3. The van der Waals surface area contributed by atoms with Gasteiger partial charge in [-0.3, -0.25) is 14.4 Å². The van der Waals surface area contributed by atoms with E-state index in [0.717, 1.165) is 16.7 Å². The van der Waals surface area contributed by atoms with E-state index in [0.29, 0.717) is 28.4 Å². The van der Waals surface area contributed by atoms with Crippen molar-refractivity contribution in [3.63, 3.8) is 0 Å². The molecule has 2 aliphatic rings. The predicted molar refractivity (Wildman–Crippen MR) is 169 cm³/mol. The van der Waals surface area contributed by atoms with Crippen LogP contribution in [0.25, 0.3) is 0 Å². The van der Waals surface area contributed by atoms with Crippen molar-refractivity contribution in [2.24, 2.45) is 10.9 Å². The van der Waals surface area contributed by atoms with Gasteiger partial charge in [0, 0.05) is 47.0 Å². The van der Waals surface area contributed by atoms with Crippen LogP contribution in [0.1, 0.15) is 52.2 Å². The number of rotatable bonds is 8. The first kappa shape index (κ1) is 29.1. The van der Waals surface area contributed by atoms with Gasteiger partial charge in [0.25, 0.3) is 5.91 Å². The Kier molecular flexibility index (Phi) is 8.17. The van der Waals surface area contributed by atoms with Crippen molar-refractivity contribution < 1.29 is 19.2 Å². The number of likely N-dealkylation sites (tertiary alicyclic amines) is 1. The molecule has 1 saturated heterocycles.